The van der Waals surface area contributed by atoms with Crippen LogP contribution >= 0.6 is 43.2 Å². The number of hydrogen-bond donors (Lipinski definition) is 2. The molecule has 0 aromatic carbocycles. The van der Waals surface area contributed by atoms with Gasteiger partial charge in [-0.05, 0) is 50.8 Å². The van der Waals surface area contributed by atoms with Gasteiger partial charge in [0.15, 0.2) is 0 Å². The van der Waals surface area contributed by atoms with E-state index in [-0.39, 0.29) is 11.4 Å². The second-order valence-electron chi connectivity index (χ2n) is 3.88. The van der Waals surface area contributed by atoms with E-state index in [1.165, 1.54) is 11.3 Å². The van der Waals surface area contributed by atoms with Crippen LogP contribution in [0, 0.1) is 0 Å². The average Bonchev–Trinajstić information content (AvgIpc) is 2.65. The molecule has 6 heteroatoms. The number of hydrogen-bond acceptors (Lipinski definition) is 3. The Morgan fingerprint density at radius 1 is 1.47 bits per heavy atom. The van der Waals surface area contributed by atoms with Gasteiger partial charge in [0, 0.05) is 6.54 Å². The summed E-state index contributed by atoms with van der Waals surface area (Å²) < 4.78 is 1.76. The number of nitrogens with two attached hydrogens (primary N) is 1. The molecule has 0 spiro atoms. The Kier molecular flexibility index (Phi) is 5.63. The highest BCUT2D eigenvalue weighted by molar-refractivity contribution is 9.12. The molecule has 3 N–H and O–H groups in total. The smallest absolute Gasteiger partial charge is 0.253 e. The highest BCUT2D eigenvalue weighted by Crippen LogP contribution is 2.32. The number of amides is 1. The SMILES string of the molecule is CCC(CC)(CN)NC(=O)c1cc(Br)sc1Br. The fourth-order valence-electron chi connectivity index (χ4n) is 1.57. The first-order chi connectivity index (χ1) is 7.98. The summed E-state index contributed by atoms with van der Waals surface area (Å²) in [7, 11) is 0. The van der Waals surface area contributed by atoms with Crippen molar-refractivity contribution in [2.75, 3.05) is 6.54 Å². The lowest BCUT2D eigenvalue weighted by Crippen LogP contribution is -2.52. The minimum absolute atomic E-state index is 0.0759. The molecule has 0 bridgehead atoms. The molecule has 0 aliphatic rings. The van der Waals surface area contributed by atoms with Crippen molar-refractivity contribution in [2.24, 2.45) is 5.73 Å². The largest absolute Gasteiger partial charge is 0.345 e. The number of thiophene rings is 1. The van der Waals surface area contributed by atoms with Crippen LogP contribution in [0.25, 0.3) is 0 Å². The van der Waals surface area contributed by atoms with Gasteiger partial charge in [0.1, 0.15) is 0 Å². The molecule has 0 unspecified atom stereocenters. The first-order valence-electron chi connectivity index (χ1n) is 5.45. The zero-order valence-corrected chi connectivity index (χ0v) is 13.8. The Bertz CT molecular complexity index is 394. The van der Waals surface area contributed by atoms with Crippen molar-refractivity contribution in [3.8, 4) is 0 Å². The van der Waals surface area contributed by atoms with Gasteiger partial charge in [0.2, 0.25) is 0 Å². The molecule has 1 amide bonds. The Morgan fingerprint density at radius 3 is 2.41 bits per heavy atom. The van der Waals surface area contributed by atoms with Crippen molar-refractivity contribution >= 4 is 49.1 Å². The van der Waals surface area contributed by atoms with Crippen LogP contribution in [-0.4, -0.2) is 18.0 Å². The van der Waals surface area contributed by atoms with E-state index in [1.54, 1.807) is 0 Å². The van der Waals surface area contributed by atoms with Gasteiger partial charge in [-0.15, -0.1) is 11.3 Å². The van der Waals surface area contributed by atoms with Gasteiger partial charge in [-0.3, -0.25) is 4.79 Å². The van der Waals surface area contributed by atoms with Crippen molar-refractivity contribution in [1.29, 1.82) is 0 Å². The summed E-state index contributed by atoms with van der Waals surface area (Å²) in [4.78, 5) is 12.2. The Hall–Kier alpha value is 0.0900. The van der Waals surface area contributed by atoms with Gasteiger partial charge in [-0.2, -0.15) is 0 Å². The van der Waals surface area contributed by atoms with Crippen molar-refractivity contribution < 1.29 is 4.79 Å². The quantitative estimate of drug-likeness (QED) is 0.817. The van der Waals surface area contributed by atoms with E-state index in [4.69, 9.17) is 5.73 Å². The van der Waals surface area contributed by atoms with Crippen LogP contribution in [0.15, 0.2) is 13.6 Å². The molecule has 0 fully saturated rings. The maximum Gasteiger partial charge on any atom is 0.253 e. The van der Waals surface area contributed by atoms with Crippen molar-refractivity contribution in [3.05, 3.63) is 19.2 Å². The van der Waals surface area contributed by atoms with Crippen LogP contribution in [0.5, 0.6) is 0 Å². The molecule has 0 saturated heterocycles. The van der Waals surface area contributed by atoms with Crippen LogP contribution in [0.3, 0.4) is 0 Å². The number of carbonyl (C=O) groups excluding carboxylic acids is 1. The minimum atomic E-state index is -0.301. The third-order valence-corrected chi connectivity index (χ3v) is 5.36. The molecule has 1 heterocycles. The maximum atomic E-state index is 12.2. The van der Waals surface area contributed by atoms with E-state index in [0.717, 1.165) is 20.4 Å². The highest BCUT2D eigenvalue weighted by atomic mass is 79.9. The minimum Gasteiger partial charge on any atom is -0.345 e. The summed E-state index contributed by atoms with van der Waals surface area (Å²) in [5.74, 6) is -0.0759. The third kappa shape index (κ3) is 3.53. The Balaban J connectivity index is 2.88. The second-order valence-corrected chi connectivity index (χ2v) is 7.63. The zero-order valence-electron chi connectivity index (χ0n) is 9.85. The van der Waals surface area contributed by atoms with Gasteiger partial charge in [0.25, 0.3) is 5.91 Å². The van der Waals surface area contributed by atoms with Gasteiger partial charge < -0.3 is 11.1 Å². The number of nitrogens with one attached hydrogen (secondary N) is 1. The fourth-order valence-corrected chi connectivity index (χ4v) is 4.36. The molecule has 0 saturated carbocycles. The summed E-state index contributed by atoms with van der Waals surface area (Å²) in [5.41, 5.74) is 6.12. The van der Waals surface area contributed by atoms with E-state index in [0.29, 0.717) is 12.1 Å². The summed E-state index contributed by atoms with van der Waals surface area (Å²) in [5, 5.41) is 3.04. The summed E-state index contributed by atoms with van der Waals surface area (Å²) in [6, 6.07) is 1.82. The topological polar surface area (TPSA) is 55.1 Å². The van der Waals surface area contributed by atoms with Gasteiger partial charge >= 0.3 is 0 Å². The molecular weight excluding hydrogens is 368 g/mol. The zero-order chi connectivity index (χ0) is 13.1. The first-order valence-corrected chi connectivity index (χ1v) is 7.85. The molecule has 3 nitrogen and oxygen atoms in total. The molecule has 17 heavy (non-hydrogen) atoms. The lowest BCUT2D eigenvalue weighted by atomic mass is 9.92. The monoisotopic (exact) mass is 382 g/mol. The average molecular weight is 384 g/mol. The van der Waals surface area contributed by atoms with E-state index >= 15 is 0 Å². The van der Waals surface area contributed by atoms with Gasteiger partial charge in [-0.25, -0.2) is 0 Å². The lowest BCUT2D eigenvalue weighted by molar-refractivity contribution is 0.0895. The molecule has 0 radical (unpaired) electrons. The molecule has 0 aliphatic carbocycles. The van der Waals surface area contributed by atoms with Crippen LogP contribution < -0.4 is 11.1 Å². The van der Waals surface area contributed by atoms with Crippen LogP contribution in [0.1, 0.15) is 37.0 Å². The standard InChI is InChI=1S/C11H16Br2N2OS/c1-3-11(4-2,6-14)15-10(16)7-5-8(12)17-9(7)13/h5H,3-4,6,14H2,1-2H3,(H,15,16). The molecule has 1 aromatic heterocycles. The van der Waals surface area contributed by atoms with Crippen molar-refractivity contribution in [3.63, 3.8) is 0 Å². The van der Waals surface area contributed by atoms with Gasteiger partial charge in [-0.1, -0.05) is 13.8 Å². The van der Waals surface area contributed by atoms with E-state index in [2.05, 4.69) is 37.2 Å². The Labute approximate surface area is 122 Å². The van der Waals surface area contributed by atoms with E-state index < -0.39 is 0 Å². The van der Waals surface area contributed by atoms with Crippen LogP contribution in [0.2, 0.25) is 0 Å². The number of halogens is 2. The maximum absolute atomic E-state index is 12.2. The molecule has 96 valence electrons. The normalized spacial score (nSPS) is 11.6. The first kappa shape index (κ1) is 15.1. The summed E-state index contributed by atoms with van der Waals surface area (Å²) in [6.45, 7) is 4.53. The van der Waals surface area contributed by atoms with Crippen molar-refractivity contribution in [2.45, 2.75) is 32.2 Å². The number of rotatable bonds is 5. The molecule has 0 aliphatic heterocycles. The van der Waals surface area contributed by atoms with E-state index in [1.807, 2.05) is 19.9 Å². The van der Waals surface area contributed by atoms with Crippen LogP contribution in [-0.2, 0) is 0 Å². The highest BCUT2D eigenvalue weighted by Gasteiger charge is 2.27. The van der Waals surface area contributed by atoms with Crippen LogP contribution in [0.4, 0.5) is 0 Å². The Morgan fingerprint density at radius 2 is 2.06 bits per heavy atom. The summed E-state index contributed by atoms with van der Waals surface area (Å²) in [6.07, 6.45) is 1.66. The predicted octanol–water partition coefficient (Wildman–Crippen LogP) is 3.52. The number of carbonyl (C=O) groups is 1. The molecule has 1 aromatic rings. The summed E-state index contributed by atoms with van der Waals surface area (Å²) >= 11 is 8.24. The predicted molar refractivity (Wildman–Crippen MR) is 79.6 cm³/mol. The second kappa shape index (κ2) is 6.31. The van der Waals surface area contributed by atoms with Crippen molar-refractivity contribution in [1.82, 2.24) is 5.32 Å². The molecule has 1 rings (SSSR count). The van der Waals surface area contributed by atoms with E-state index in [9.17, 15) is 4.79 Å². The molecule has 0 atom stereocenters. The van der Waals surface area contributed by atoms with Gasteiger partial charge in [0.05, 0.1) is 18.7 Å². The fraction of sp³-hybridized carbons (Fsp3) is 0.545. The third-order valence-electron chi connectivity index (χ3n) is 3.02. The molecular formula is C11H16Br2N2OS. The lowest BCUT2D eigenvalue weighted by Gasteiger charge is -2.31.